The van der Waals surface area contributed by atoms with E-state index in [1.54, 1.807) is 29.4 Å². The molecule has 0 spiro atoms. The monoisotopic (exact) mass is 335 g/mol. The smallest absolute Gasteiger partial charge is 0.255 e. The molecule has 0 atom stereocenters. The van der Waals surface area contributed by atoms with E-state index in [9.17, 15) is 9.59 Å². The molecule has 0 saturated heterocycles. The number of amides is 1. The number of carbonyl (C=O) groups excluding carboxylic acids is 1. The largest absolute Gasteiger partial charge is 0.332 e. The summed E-state index contributed by atoms with van der Waals surface area (Å²) in [5, 5.41) is 0.965. The van der Waals surface area contributed by atoms with Gasteiger partial charge in [0.15, 0.2) is 0 Å². The minimum atomic E-state index is -0.166. The average molecular weight is 335 g/mol. The van der Waals surface area contributed by atoms with Gasteiger partial charge >= 0.3 is 0 Å². The minimum Gasteiger partial charge on any atom is -0.332 e. The van der Waals surface area contributed by atoms with Crippen LogP contribution in [0.4, 0.5) is 0 Å². The number of nitrogens with zero attached hydrogens (tertiary/aromatic N) is 2. The van der Waals surface area contributed by atoms with Crippen LogP contribution in [0, 0.1) is 6.92 Å². The Kier molecular flexibility index (Phi) is 4.65. The second-order valence-electron chi connectivity index (χ2n) is 6.48. The fraction of sp³-hybridized carbons (Fsp3) is 0.250. The van der Waals surface area contributed by atoms with E-state index >= 15 is 0 Å². The topological polar surface area (TPSA) is 66.1 Å². The molecule has 0 aliphatic heterocycles. The van der Waals surface area contributed by atoms with Gasteiger partial charge in [0, 0.05) is 29.5 Å². The van der Waals surface area contributed by atoms with Gasteiger partial charge in [-0.3, -0.25) is 14.6 Å². The van der Waals surface area contributed by atoms with Gasteiger partial charge in [0.25, 0.3) is 11.5 Å². The number of hydrogen-bond donors (Lipinski definition) is 1. The Balaban J connectivity index is 1.97. The Morgan fingerprint density at radius 2 is 2.04 bits per heavy atom. The summed E-state index contributed by atoms with van der Waals surface area (Å²) in [5.41, 5.74) is 2.85. The molecule has 5 nitrogen and oxygen atoms in total. The number of hydrogen-bond acceptors (Lipinski definition) is 3. The Hall–Kier alpha value is -2.95. The van der Waals surface area contributed by atoms with Crippen molar-refractivity contribution in [2.45, 2.75) is 33.4 Å². The summed E-state index contributed by atoms with van der Waals surface area (Å²) in [7, 11) is 0. The quantitative estimate of drug-likeness (QED) is 0.796. The van der Waals surface area contributed by atoms with Crippen molar-refractivity contribution in [2.24, 2.45) is 0 Å². The Morgan fingerprint density at radius 1 is 1.24 bits per heavy atom. The highest BCUT2D eigenvalue weighted by Crippen LogP contribution is 2.16. The van der Waals surface area contributed by atoms with E-state index in [-0.39, 0.29) is 24.1 Å². The molecule has 0 radical (unpaired) electrons. The molecule has 3 aromatic rings. The SMILES string of the molecule is Cc1ccc2[nH]c(=O)c(CN(C(=O)c3cccnc3)C(C)C)cc2c1. The highest BCUT2D eigenvalue weighted by Gasteiger charge is 2.20. The van der Waals surface area contributed by atoms with Gasteiger partial charge in [-0.1, -0.05) is 11.6 Å². The van der Waals surface area contributed by atoms with Crippen molar-refractivity contribution in [2.75, 3.05) is 0 Å². The summed E-state index contributed by atoms with van der Waals surface area (Å²) in [4.78, 5) is 33.8. The van der Waals surface area contributed by atoms with Gasteiger partial charge in [0.05, 0.1) is 12.1 Å². The lowest BCUT2D eigenvalue weighted by atomic mass is 10.1. The second kappa shape index (κ2) is 6.89. The van der Waals surface area contributed by atoms with Crippen LogP contribution < -0.4 is 5.56 Å². The van der Waals surface area contributed by atoms with E-state index in [1.807, 2.05) is 45.0 Å². The minimum absolute atomic E-state index is 0.0414. The molecule has 0 unspecified atom stereocenters. The molecule has 1 amide bonds. The van der Waals surface area contributed by atoms with Crippen LogP contribution in [-0.2, 0) is 6.54 Å². The van der Waals surface area contributed by atoms with Crippen LogP contribution in [0.5, 0.6) is 0 Å². The summed E-state index contributed by atoms with van der Waals surface area (Å²) in [6.45, 7) is 6.14. The zero-order chi connectivity index (χ0) is 18.0. The molecular formula is C20H21N3O2. The van der Waals surface area contributed by atoms with Crippen LogP contribution in [0.3, 0.4) is 0 Å². The second-order valence-corrected chi connectivity index (χ2v) is 6.48. The molecule has 0 bridgehead atoms. The summed E-state index contributed by atoms with van der Waals surface area (Å²) < 4.78 is 0. The highest BCUT2D eigenvalue weighted by molar-refractivity contribution is 5.94. The fourth-order valence-corrected chi connectivity index (χ4v) is 2.82. The van der Waals surface area contributed by atoms with Gasteiger partial charge in [-0.25, -0.2) is 0 Å². The highest BCUT2D eigenvalue weighted by atomic mass is 16.2. The van der Waals surface area contributed by atoms with Crippen molar-refractivity contribution in [3.8, 4) is 0 Å². The average Bonchev–Trinajstić information content (AvgIpc) is 2.60. The molecular weight excluding hydrogens is 314 g/mol. The van der Waals surface area contributed by atoms with Gasteiger partial charge in [-0.2, -0.15) is 0 Å². The molecule has 3 rings (SSSR count). The number of aromatic nitrogens is 2. The van der Waals surface area contributed by atoms with E-state index in [0.29, 0.717) is 11.1 Å². The number of carbonyl (C=O) groups is 1. The summed E-state index contributed by atoms with van der Waals surface area (Å²) in [6.07, 6.45) is 3.18. The maximum atomic E-state index is 12.8. The Labute approximate surface area is 146 Å². The van der Waals surface area contributed by atoms with Gasteiger partial charge in [0.2, 0.25) is 0 Å². The number of nitrogens with one attached hydrogen (secondary N) is 1. The van der Waals surface area contributed by atoms with E-state index in [1.165, 1.54) is 0 Å². The number of benzene rings is 1. The third-order valence-corrected chi connectivity index (χ3v) is 4.21. The van der Waals surface area contributed by atoms with Crippen molar-refractivity contribution >= 4 is 16.8 Å². The summed E-state index contributed by atoms with van der Waals surface area (Å²) in [5.74, 6) is -0.133. The van der Waals surface area contributed by atoms with Crippen molar-refractivity contribution in [1.29, 1.82) is 0 Å². The molecule has 2 heterocycles. The van der Waals surface area contributed by atoms with Crippen molar-refractivity contribution in [3.05, 3.63) is 75.8 Å². The van der Waals surface area contributed by atoms with Crippen molar-refractivity contribution in [1.82, 2.24) is 14.9 Å². The number of pyridine rings is 2. The predicted octanol–water partition coefficient (Wildman–Crippen LogP) is 3.28. The van der Waals surface area contributed by atoms with E-state index in [4.69, 9.17) is 0 Å². The normalized spacial score (nSPS) is 11.0. The molecule has 128 valence electrons. The van der Waals surface area contributed by atoms with E-state index in [0.717, 1.165) is 16.5 Å². The summed E-state index contributed by atoms with van der Waals surface area (Å²) in [6, 6.07) is 11.2. The third-order valence-electron chi connectivity index (χ3n) is 4.21. The van der Waals surface area contributed by atoms with Crippen LogP contribution in [0.25, 0.3) is 10.9 Å². The molecule has 0 fully saturated rings. The predicted molar refractivity (Wildman–Crippen MR) is 98.6 cm³/mol. The first-order valence-electron chi connectivity index (χ1n) is 8.29. The van der Waals surface area contributed by atoms with Gasteiger partial charge in [-0.05, 0) is 56.5 Å². The zero-order valence-electron chi connectivity index (χ0n) is 14.6. The summed E-state index contributed by atoms with van der Waals surface area (Å²) >= 11 is 0. The van der Waals surface area contributed by atoms with Crippen LogP contribution in [0.1, 0.15) is 35.3 Å². The van der Waals surface area contributed by atoms with Crippen LogP contribution in [-0.4, -0.2) is 26.8 Å². The van der Waals surface area contributed by atoms with Crippen LogP contribution in [0.2, 0.25) is 0 Å². The number of fused-ring (bicyclic) bond motifs is 1. The number of rotatable bonds is 4. The lowest BCUT2D eigenvalue weighted by Gasteiger charge is -2.26. The van der Waals surface area contributed by atoms with Crippen LogP contribution >= 0.6 is 0 Å². The molecule has 0 aliphatic carbocycles. The number of aromatic amines is 1. The molecule has 25 heavy (non-hydrogen) atoms. The lowest BCUT2D eigenvalue weighted by Crippen LogP contribution is -2.38. The first-order chi connectivity index (χ1) is 12.0. The van der Waals surface area contributed by atoms with Crippen LogP contribution in [0.15, 0.2) is 53.6 Å². The number of H-pyrrole nitrogens is 1. The Bertz CT molecular complexity index is 962. The molecule has 1 N–H and O–H groups in total. The molecule has 1 aromatic carbocycles. The maximum absolute atomic E-state index is 12.8. The Morgan fingerprint density at radius 3 is 2.72 bits per heavy atom. The number of aryl methyl sites for hydroxylation is 1. The van der Waals surface area contributed by atoms with Gasteiger partial charge in [0.1, 0.15) is 0 Å². The van der Waals surface area contributed by atoms with Gasteiger partial charge < -0.3 is 9.88 Å². The maximum Gasteiger partial charge on any atom is 0.255 e. The molecule has 2 aromatic heterocycles. The zero-order valence-corrected chi connectivity index (χ0v) is 14.6. The molecule has 5 heteroatoms. The van der Waals surface area contributed by atoms with E-state index < -0.39 is 0 Å². The van der Waals surface area contributed by atoms with Gasteiger partial charge in [-0.15, -0.1) is 0 Å². The van der Waals surface area contributed by atoms with E-state index in [2.05, 4.69) is 9.97 Å². The first kappa shape index (κ1) is 16.9. The van der Waals surface area contributed by atoms with Crippen molar-refractivity contribution < 1.29 is 4.79 Å². The molecule has 0 aliphatic rings. The molecule has 0 saturated carbocycles. The first-order valence-corrected chi connectivity index (χ1v) is 8.29. The standard InChI is InChI=1S/C20H21N3O2/c1-13(2)23(20(25)15-5-4-8-21-11-15)12-17-10-16-9-14(3)6-7-18(16)22-19(17)24/h4-11,13H,12H2,1-3H3,(H,22,24). The third kappa shape index (κ3) is 3.60. The lowest BCUT2D eigenvalue weighted by molar-refractivity contribution is 0.0689. The van der Waals surface area contributed by atoms with Crippen molar-refractivity contribution in [3.63, 3.8) is 0 Å². The fourth-order valence-electron chi connectivity index (χ4n) is 2.82.